The second-order valence-corrected chi connectivity index (χ2v) is 5.79. The Hall–Kier alpha value is -2.01. The van der Waals surface area contributed by atoms with E-state index >= 15 is 0 Å². The molecule has 3 rings (SSSR count). The summed E-state index contributed by atoms with van der Waals surface area (Å²) in [6, 6.07) is 7.93. The van der Waals surface area contributed by atoms with Crippen LogP contribution in [0.2, 0.25) is 0 Å². The molecule has 0 saturated carbocycles. The maximum Gasteiger partial charge on any atom is 0.267 e. The van der Waals surface area contributed by atoms with Gasteiger partial charge in [-0.15, -0.1) is 0 Å². The van der Waals surface area contributed by atoms with Crippen molar-refractivity contribution in [3.8, 4) is 5.75 Å². The van der Waals surface area contributed by atoms with Crippen LogP contribution in [0.3, 0.4) is 0 Å². The molecule has 1 amide bonds. The molecule has 0 spiro atoms. The predicted octanol–water partition coefficient (Wildman–Crippen LogP) is 2.97. The van der Waals surface area contributed by atoms with Crippen molar-refractivity contribution in [3.63, 3.8) is 0 Å². The number of amides is 1. The zero-order valence-electron chi connectivity index (χ0n) is 13.8. The fourth-order valence-electron chi connectivity index (χ4n) is 3.01. The second-order valence-electron chi connectivity index (χ2n) is 5.79. The molecule has 0 saturated heterocycles. The molecule has 1 aliphatic heterocycles. The van der Waals surface area contributed by atoms with Gasteiger partial charge >= 0.3 is 0 Å². The summed E-state index contributed by atoms with van der Waals surface area (Å²) >= 11 is 0. The van der Waals surface area contributed by atoms with Crippen LogP contribution in [0, 0.1) is 0 Å². The van der Waals surface area contributed by atoms with Crippen molar-refractivity contribution in [1.29, 1.82) is 0 Å². The first-order valence-corrected chi connectivity index (χ1v) is 8.39. The standard InChI is InChI=1S/C18H24N2O3/c1-3-14-12-20-15(18(21)19-9-6-10-22-4-2)11-13-7-5-8-16(23-14)17(13)20/h5,7-8,11,14H,3-4,6,9-10,12H2,1-2H3,(H,19,21). The predicted molar refractivity (Wildman–Crippen MR) is 90.1 cm³/mol. The van der Waals surface area contributed by atoms with Gasteiger partial charge in [0.15, 0.2) is 0 Å². The molecular formula is C18H24N2O3. The van der Waals surface area contributed by atoms with Crippen molar-refractivity contribution < 1.29 is 14.3 Å². The van der Waals surface area contributed by atoms with Gasteiger partial charge in [-0.05, 0) is 31.9 Å². The SMILES string of the molecule is CCOCCCNC(=O)c1cc2cccc3c2n1CC(CC)O3. The molecule has 0 fully saturated rings. The maximum atomic E-state index is 12.5. The molecule has 5 heteroatoms. The van der Waals surface area contributed by atoms with Crippen LogP contribution >= 0.6 is 0 Å². The number of para-hydroxylation sites is 1. The van der Waals surface area contributed by atoms with Crippen molar-refractivity contribution in [1.82, 2.24) is 9.88 Å². The number of carbonyl (C=O) groups is 1. The molecule has 2 aromatic rings. The van der Waals surface area contributed by atoms with Gasteiger partial charge in [-0.25, -0.2) is 0 Å². The Morgan fingerprint density at radius 2 is 2.30 bits per heavy atom. The number of carbonyl (C=O) groups excluding carboxylic acids is 1. The first-order valence-electron chi connectivity index (χ1n) is 8.39. The lowest BCUT2D eigenvalue weighted by Gasteiger charge is -2.26. The van der Waals surface area contributed by atoms with Crippen molar-refractivity contribution in [3.05, 3.63) is 30.0 Å². The third-order valence-corrected chi connectivity index (χ3v) is 4.21. The van der Waals surface area contributed by atoms with Crippen LogP contribution in [0.1, 0.15) is 37.2 Å². The maximum absolute atomic E-state index is 12.5. The summed E-state index contributed by atoms with van der Waals surface area (Å²) in [5, 5.41) is 4.04. The highest BCUT2D eigenvalue weighted by molar-refractivity contribution is 6.00. The van der Waals surface area contributed by atoms with E-state index in [2.05, 4.69) is 16.8 Å². The Labute approximate surface area is 136 Å². The number of nitrogens with one attached hydrogen (secondary N) is 1. The quantitative estimate of drug-likeness (QED) is 0.799. The van der Waals surface area contributed by atoms with Gasteiger partial charge in [-0.2, -0.15) is 0 Å². The van der Waals surface area contributed by atoms with Gasteiger partial charge in [0.25, 0.3) is 5.91 Å². The molecule has 2 heterocycles. The highest BCUT2D eigenvalue weighted by atomic mass is 16.5. The van der Waals surface area contributed by atoms with Gasteiger partial charge < -0.3 is 19.4 Å². The number of hydrogen-bond donors (Lipinski definition) is 1. The summed E-state index contributed by atoms with van der Waals surface area (Å²) in [7, 11) is 0. The summed E-state index contributed by atoms with van der Waals surface area (Å²) in [6.45, 7) is 6.81. The highest BCUT2D eigenvalue weighted by Crippen LogP contribution is 2.34. The summed E-state index contributed by atoms with van der Waals surface area (Å²) < 4.78 is 13.4. The fraction of sp³-hybridized carbons (Fsp3) is 0.500. The minimum atomic E-state index is -0.0274. The van der Waals surface area contributed by atoms with Gasteiger partial charge in [0.2, 0.25) is 0 Å². The van der Waals surface area contributed by atoms with E-state index in [4.69, 9.17) is 9.47 Å². The zero-order valence-corrected chi connectivity index (χ0v) is 13.8. The van der Waals surface area contributed by atoms with Gasteiger partial charge in [0.1, 0.15) is 17.5 Å². The van der Waals surface area contributed by atoms with E-state index in [1.54, 1.807) is 0 Å². The number of ether oxygens (including phenoxy) is 2. The van der Waals surface area contributed by atoms with Crippen LogP contribution in [-0.2, 0) is 11.3 Å². The molecule has 0 bridgehead atoms. The number of aromatic nitrogens is 1. The smallest absolute Gasteiger partial charge is 0.267 e. The Balaban J connectivity index is 1.79. The van der Waals surface area contributed by atoms with Gasteiger partial charge in [-0.3, -0.25) is 4.79 Å². The molecule has 1 aromatic carbocycles. The Bertz CT molecular complexity index is 693. The van der Waals surface area contributed by atoms with Crippen LogP contribution in [0.15, 0.2) is 24.3 Å². The highest BCUT2D eigenvalue weighted by Gasteiger charge is 2.25. The molecule has 1 aliphatic rings. The number of hydrogen-bond acceptors (Lipinski definition) is 3. The lowest BCUT2D eigenvalue weighted by Crippen LogP contribution is -2.32. The largest absolute Gasteiger partial charge is 0.486 e. The Morgan fingerprint density at radius 3 is 3.09 bits per heavy atom. The molecule has 5 nitrogen and oxygen atoms in total. The Morgan fingerprint density at radius 1 is 1.43 bits per heavy atom. The molecule has 124 valence electrons. The van der Waals surface area contributed by atoms with Gasteiger partial charge in [0.05, 0.1) is 12.1 Å². The molecule has 1 atom stereocenters. The van der Waals surface area contributed by atoms with Crippen LogP contribution < -0.4 is 10.1 Å². The van der Waals surface area contributed by atoms with E-state index in [1.165, 1.54) is 0 Å². The minimum absolute atomic E-state index is 0.0274. The monoisotopic (exact) mass is 316 g/mol. The van der Waals surface area contributed by atoms with Crippen molar-refractivity contribution in [2.45, 2.75) is 39.3 Å². The third kappa shape index (κ3) is 3.20. The second kappa shape index (κ2) is 7.04. The summed E-state index contributed by atoms with van der Waals surface area (Å²) in [4.78, 5) is 12.5. The van der Waals surface area contributed by atoms with Gasteiger partial charge in [-0.1, -0.05) is 19.1 Å². The van der Waals surface area contributed by atoms with Crippen LogP contribution in [0.5, 0.6) is 5.75 Å². The number of rotatable bonds is 7. The average Bonchev–Trinajstić information content (AvgIpc) is 2.95. The average molecular weight is 316 g/mol. The third-order valence-electron chi connectivity index (χ3n) is 4.21. The summed E-state index contributed by atoms with van der Waals surface area (Å²) in [5.41, 5.74) is 1.74. The topological polar surface area (TPSA) is 52.5 Å². The van der Waals surface area contributed by atoms with Crippen LogP contribution in [0.4, 0.5) is 0 Å². The minimum Gasteiger partial charge on any atom is -0.486 e. The van der Waals surface area contributed by atoms with E-state index in [1.807, 2.05) is 31.2 Å². The first kappa shape index (κ1) is 15.9. The molecule has 1 aromatic heterocycles. The summed E-state index contributed by atoms with van der Waals surface area (Å²) in [6.07, 6.45) is 1.86. The number of benzene rings is 1. The molecule has 23 heavy (non-hydrogen) atoms. The van der Waals surface area contributed by atoms with E-state index in [9.17, 15) is 4.79 Å². The molecule has 1 unspecified atom stereocenters. The fourth-order valence-corrected chi connectivity index (χ4v) is 3.01. The van der Waals surface area contributed by atoms with E-state index < -0.39 is 0 Å². The molecule has 0 radical (unpaired) electrons. The van der Waals surface area contributed by atoms with E-state index in [-0.39, 0.29) is 12.0 Å². The van der Waals surface area contributed by atoms with Crippen LogP contribution in [0.25, 0.3) is 10.9 Å². The normalized spacial score (nSPS) is 16.3. The van der Waals surface area contributed by atoms with Gasteiger partial charge in [0, 0.05) is 25.1 Å². The van der Waals surface area contributed by atoms with E-state index in [0.29, 0.717) is 25.5 Å². The first-order chi connectivity index (χ1) is 11.2. The molecule has 1 N–H and O–H groups in total. The van der Waals surface area contributed by atoms with Crippen molar-refractivity contribution >= 4 is 16.8 Å². The van der Waals surface area contributed by atoms with Crippen molar-refractivity contribution in [2.75, 3.05) is 19.8 Å². The molecule has 0 aliphatic carbocycles. The zero-order chi connectivity index (χ0) is 16.2. The lowest BCUT2D eigenvalue weighted by molar-refractivity contribution is 0.0929. The van der Waals surface area contributed by atoms with Crippen molar-refractivity contribution in [2.24, 2.45) is 0 Å². The van der Waals surface area contributed by atoms with E-state index in [0.717, 1.165) is 36.0 Å². The lowest BCUT2D eigenvalue weighted by atomic mass is 10.2. The molecular weight excluding hydrogens is 292 g/mol. The Kier molecular flexibility index (Phi) is 4.86. The van der Waals surface area contributed by atoms with Crippen LogP contribution in [-0.4, -0.2) is 36.3 Å². The summed E-state index contributed by atoms with van der Waals surface area (Å²) in [5.74, 6) is 0.844. The number of nitrogens with zero attached hydrogens (tertiary/aromatic N) is 1.